The summed E-state index contributed by atoms with van der Waals surface area (Å²) in [7, 11) is 0. The van der Waals surface area contributed by atoms with Gasteiger partial charge in [0.25, 0.3) is 0 Å². The van der Waals surface area contributed by atoms with E-state index in [0.29, 0.717) is 5.56 Å². The van der Waals surface area contributed by atoms with Gasteiger partial charge in [-0.25, -0.2) is 0 Å². The van der Waals surface area contributed by atoms with Crippen LogP contribution >= 0.6 is 0 Å². The minimum absolute atomic E-state index is 0.0475. The van der Waals surface area contributed by atoms with E-state index in [-0.39, 0.29) is 11.5 Å². The van der Waals surface area contributed by atoms with Crippen LogP contribution in [0.3, 0.4) is 0 Å². The van der Waals surface area contributed by atoms with Crippen molar-refractivity contribution in [2.24, 2.45) is 0 Å². The first-order valence-corrected chi connectivity index (χ1v) is 11.7. The van der Waals surface area contributed by atoms with E-state index >= 15 is 0 Å². The highest BCUT2D eigenvalue weighted by Gasteiger charge is 2.46. The Bertz CT molecular complexity index is 1400. The Labute approximate surface area is 213 Å². The Morgan fingerprint density at radius 2 is 1.21 bits per heavy atom. The summed E-state index contributed by atoms with van der Waals surface area (Å²) in [4.78, 5) is 13.3. The number of hydrogen-bond acceptors (Lipinski definition) is 13. The summed E-state index contributed by atoms with van der Waals surface area (Å²) in [5, 5.41) is 93.1. The van der Waals surface area contributed by atoms with Gasteiger partial charge in [-0.1, -0.05) is 0 Å². The molecule has 9 N–H and O–H groups in total. The molecule has 5 rings (SSSR count). The standard InChI is InChI=1S/C25H26O13/c26-9-3-1-8(2-4-9)13-5-10(27)14-19(32)15(24-21(34)17(30)11(28)6-36-24)20(33)16(23(14)38-13)25-22(35)18(31)12(29)7-37-25/h1-5,11-12,17-18,21-22,24-26,28-35H,6-7H2/t11-,12-,17-,18+,21+,22+,24-,25+/m0/s1. The zero-order chi connectivity index (χ0) is 27.5. The van der Waals surface area contributed by atoms with E-state index in [1.54, 1.807) is 0 Å². The molecule has 2 aliphatic rings. The first-order valence-electron chi connectivity index (χ1n) is 11.7. The molecular formula is C25H26O13. The highest BCUT2D eigenvalue weighted by molar-refractivity contribution is 5.91. The van der Waals surface area contributed by atoms with Crippen molar-refractivity contribution >= 4 is 11.0 Å². The first kappa shape index (κ1) is 26.3. The highest BCUT2D eigenvalue weighted by Crippen LogP contribution is 2.50. The van der Waals surface area contributed by atoms with Gasteiger partial charge in [-0.2, -0.15) is 0 Å². The fourth-order valence-electron chi connectivity index (χ4n) is 4.83. The predicted molar refractivity (Wildman–Crippen MR) is 126 cm³/mol. The smallest absolute Gasteiger partial charge is 0.197 e. The van der Waals surface area contributed by atoms with Gasteiger partial charge >= 0.3 is 0 Å². The minimum Gasteiger partial charge on any atom is -0.508 e. The Morgan fingerprint density at radius 1 is 0.684 bits per heavy atom. The van der Waals surface area contributed by atoms with Crippen LogP contribution in [0, 0.1) is 0 Å². The van der Waals surface area contributed by atoms with Crippen LogP contribution in [0.5, 0.6) is 17.2 Å². The maximum Gasteiger partial charge on any atom is 0.197 e. The lowest BCUT2D eigenvalue weighted by Crippen LogP contribution is -2.49. The number of phenols is 3. The molecule has 0 bridgehead atoms. The molecule has 3 heterocycles. The van der Waals surface area contributed by atoms with E-state index in [2.05, 4.69) is 0 Å². The van der Waals surface area contributed by atoms with Gasteiger partial charge in [0.05, 0.1) is 24.3 Å². The summed E-state index contributed by atoms with van der Waals surface area (Å²) in [6.07, 6.45) is -13.3. The second kappa shape index (κ2) is 9.80. The average molecular weight is 534 g/mol. The van der Waals surface area contributed by atoms with Gasteiger partial charge in [-0.3, -0.25) is 4.79 Å². The number of fused-ring (bicyclic) bond motifs is 1. The fourth-order valence-corrected chi connectivity index (χ4v) is 4.83. The van der Waals surface area contributed by atoms with Crippen LogP contribution in [0.15, 0.2) is 39.5 Å². The number of aliphatic hydroxyl groups is 6. The summed E-state index contributed by atoms with van der Waals surface area (Å²) >= 11 is 0. The second-order valence-electron chi connectivity index (χ2n) is 9.36. The van der Waals surface area contributed by atoms with Crippen molar-refractivity contribution in [2.45, 2.75) is 48.8 Å². The third-order valence-corrected chi connectivity index (χ3v) is 6.92. The molecule has 2 saturated heterocycles. The van der Waals surface area contributed by atoms with Crippen molar-refractivity contribution in [1.82, 2.24) is 0 Å². The van der Waals surface area contributed by atoms with E-state index in [4.69, 9.17) is 13.9 Å². The molecule has 38 heavy (non-hydrogen) atoms. The number of aliphatic hydroxyl groups excluding tert-OH is 6. The van der Waals surface area contributed by atoms with Crippen molar-refractivity contribution in [3.05, 3.63) is 51.7 Å². The Hall–Kier alpha value is -3.27. The molecule has 0 aliphatic carbocycles. The molecule has 0 spiro atoms. The predicted octanol–water partition coefficient (Wildman–Crippen LogP) is -1.12. The molecule has 0 amide bonds. The van der Waals surface area contributed by atoms with Crippen LogP contribution in [0.1, 0.15) is 23.3 Å². The summed E-state index contributed by atoms with van der Waals surface area (Å²) in [6, 6.07) is 6.60. The van der Waals surface area contributed by atoms with Crippen molar-refractivity contribution in [1.29, 1.82) is 0 Å². The first-order chi connectivity index (χ1) is 18.0. The van der Waals surface area contributed by atoms with Crippen LogP contribution in [-0.4, -0.2) is 95.8 Å². The Balaban J connectivity index is 1.80. The van der Waals surface area contributed by atoms with Crippen molar-refractivity contribution in [3.63, 3.8) is 0 Å². The molecule has 8 atom stereocenters. The molecule has 0 radical (unpaired) electrons. The number of hydrogen-bond donors (Lipinski definition) is 9. The van der Waals surface area contributed by atoms with Crippen molar-refractivity contribution in [3.8, 4) is 28.6 Å². The SMILES string of the molecule is O=c1cc(-c2ccc(O)cc2)oc2c([C@H]3OC[C@H](O)[C@@H](O)[C@H]3O)c(O)c([C@@H]3OC[C@H](O)[C@H](O)[C@H]3O)c(O)c12. The van der Waals surface area contributed by atoms with E-state index in [0.717, 1.165) is 6.07 Å². The lowest BCUT2D eigenvalue weighted by molar-refractivity contribution is -0.191. The third kappa shape index (κ3) is 4.19. The topological polar surface area (TPSA) is 231 Å². The van der Waals surface area contributed by atoms with Crippen molar-refractivity contribution in [2.75, 3.05) is 13.2 Å². The van der Waals surface area contributed by atoms with Gasteiger partial charge in [0.15, 0.2) is 11.0 Å². The van der Waals surface area contributed by atoms with Gasteiger partial charge in [0.2, 0.25) is 0 Å². The maximum atomic E-state index is 13.3. The summed E-state index contributed by atoms with van der Waals surface area (Å²) < 4.78 is 16.8. The number of ether oxygens (including phenoxy) is 2. The Kier molecular flexibility index (Phi) is 6.79. The van der Waals surface area contributed by atoms with Crippen LogP contribution < -0.4 is 5.43 Å². The highest BCUT2D eigenvalue weighted by atomic mass is 16.5. The molecule has 13 nitrogen and oxygen atoms in total. The molecule has 13 heteroatoms. The molecule has 3 aromatic rings. The molecule has 0 saturated carbocycles. The number of phenolic OH excluding ortho intramolecular Hbond substituents is 3. The van der Waals surface area contributed by atoms with Gasteiger partial charge in [-0.05, 0) is 24.3 Å². The lowest BCUT2D eigenvalue weighted by Gasteiger charge is -2.38. The van der Waals surface area contributed by atoms with Crippen LogP contribution in [0.2, 0.25) is 0 Å². The largest absolute Gasteiger partial charge is 0.508 e. The third-order valence-electron chi connectivity index (χ3n) is 6.92. The quantitative estimate of drug-likeness (QED) is 0.194. The molecule has 204 valence electrons. The van der Waals surface area contributed by atoms with Crippen LogP contribution in [0.25, 0.3) is 22.3 Å². The molecule has 2 aromatic carbocycles. The summed E-state index contributed by atoms with van der Waals surface area (Å²) in [6.45, 7) is -0.966. The molecule has 2 fully saturated rings. The number of aromatic hydroxyl groups is 3. The molecule has 1 aromatic heterocycles. The maximum absolute atomic E-state index is 13.3. The summed E-state index contributed by atoms with van der Waals surface area (Å²) in [5.74, 6) is -1.80. The Morgan fingerprint density at radius 3 is 1.76 bits per heavy atom. The lowest BCUT2D eigenvalue weighted by atomic mass is 9.87. The molecule has 0 unspecified atom stereocenters. The normalized spacial score (nSPS) is 31.9. The van der Waals surface area contributed by atoms with Crippen LogP contribution in [-0.2, 0) is 9.47 Å². The van der Waals surface area contributed by atoms with E-state index in [1.807, 2.05) is 0 Å². The van der Waals surface area contributed by atoms with Gasteiger partial charge in [0, 0.05) is 11.6 Å². The zero-order valence-corrected chi connectivity index (χ0v) is 19.6. The second-order valence-corrected chi connectivity index (χ2v) is 9.36. The molecular weight excluding hydrogens is 508 g/mol. The molecule has 2 aliphatic heterocycles. The van der Waals surface area contributed by atoms with Gasteiger partial charge in [-0.15, -0.1) is 0 Å². The number of rotatable bonds is 3. The van der Waals surface area contributed by atoms with E-state index < -0.39 is 101 Å². The van der Waals surface area contributed by atoms with Crippen LogP contribution in [0.4, 0.5) is 0 Å². The summed E-state index contributed by atoms with van der Waals surface area (Å²) in [5.41, 5.74) is -1.86. The van der Waals surface area contributed by atoms with E-state index in [1.165, 1.54) is 24.3 Å². The number of benzene rings is 2. The zero-order valence-electron chi connectivity index (χ0n) is 19.6. The monoisotopic (exact) mass is 534 g/mol. The van der Waals surface area contributed by atoms with E-state index in [9.17, 15) is 50.8 Å². The van der Waals surface area contributed by atoms with Gasteiger partial charge in [0.1, 0.15) is 77.2 Å². The average Bonchev–Trinajstić information content (AvgIpc) is 2.88. The fraction of sp³-hybridized carbons (Fsp3) is 0.400. The minimum atomic E-state index is -1.85. The van der Waals surface area contributed by atoms with Crippen molar-refractivity contribution < 1.29 is 59.8 Å². The van der Waals surface area contributed by atoms with Gasteiger partial charge < -0.3 is 59.8 Å².